The number of benzene rings is 2. The van der Waals surface area contributed by atoms with Crippen LogP contribution in [0.25, 0.3) is 0 Å². The number of carbonyl (C=O) groups excluding carboxylic acids is 5. The summed E-state index contributed by atoms with van der Waals surface area (Å²) in [5, 5.41) is 11.7. The minimum Gasteiger partial charge on any atom is -1.00 e. The number of amides is 2. The fraction of sp³-hybridized carbons (Fsp3) is 0.514. The van der Waals surface area contributed by atoms with Gasteiger partial charge in [0.1, 0.15) is 17.0 Å². The van der Waals surface area contributed by atoms with Crippen LogP contribution in [0.2, 0.25) is 0 Å². The Morgan fingerprint density at radius 3 is 1.71 bits per heavy atom. The molecule has 0 saturated carbocycles. The van der Waals surface area contributed by atoms with Gasteiger partial charge >= 0.3 is 115 Å². The van der Waals surface area contributed by atoms with Crippen LogP contribution in [0, 0.1) is 5.82 Å². The standard InChI is InChI=1S/C17H24N2O3.C10H20N2O2.C7H5FO.CH2O3.2K.H/c1-17(2,3)22-16(21)19-10-6-9-18(11-12-19)15-8-5-4-7-14(15)13-20;1-10(2,3)14-9(13)12-7-4-5-11-6-8-12;8-7-4-2-1-3-6(7)5-9;2-1-4-3;;;/h4-5,7-8,13H,6,9-12H2,1-3H3;11H,4-8H2,1-3H3;1-5H;1,3H;;;/q;;;;2*+1;-1/p-1. The Kier molecular flexibility index (Phi) is 28.6. The second-order valence-electron chi connectivity index (χ2n) is 12.9. The Morgan fingerprint density at radius 2 is 1.22 bits per heavy atom. The van der Waals surface area contributed by atoms with E-state index in [0.29, 0.717) is 31.5 Å². The van der Waals surface area contributed by atoms with Crippen LogP contribution in [0.1, 0.15) is 76.5 Å². The summed E-state index contributed by atoms with van der Waals surface area (Å²) in [6.45, 7) is 17.3. The topological polar surface area (TPSA) is 158 Å². The average Bonchev–Trinajstić information content (AvgIpc) is 3.49. The van der Waals surface area contributed by atoms with E-state index in [1.54, 1.807) is 21.9 Å². The third kappa shape index (κ3) is 23.2. The predicted molar refractivity (Wildman–Crippen MR) is 182 cm³/mol. The molecule has 2 aromatic rings. The first-order chi connectivity index (χ1) is 23.1. The molecule has 0 bridgehead atoms. The largest absolute Gasteiger partial charge is 1.00 e. The third-order valence-electron chi connectivity index (χ3n) is 6.62. The van der Waals surface area contributed by atoms with Crippen molar-refractivity contribution in [2.45, 2.75) is 65.6 Å². The van der Waals surface area contributed by atoms with Gasteiger partial charge in [0, 0.05) is 57.1 Å². The number of ether oxygens (including phenoxy) is 2. The second kappa shape index (κ2) is 28.2. The van der Waals surface area contributed by atoms with E-state index in [1.807, 2.05) is 65.8 Å². The molecule has 0 aliphatic carbocycles. The number of para-hydroxylation sites is 1. The summed E-state index contributed by atoms with van der Waals surface area (Å²) >= 11 is 0. The molecule has 2 amide bonds. The van der Waals surface area contributed by atoms with Crippen LogP contribution in [-0.4, -0.2) is 105 Å². The molecule has 4 rings (SSSR count). The van der Waals surface area contributed by atoms with Gasteiger partial charge < -0.3 is 41.1 Å². The van der Waals surface area contributed by atoms with Crippen LogP contribution < -0.4 is 118 Å². The van der Waals surface area contributed by atoms with Crippen LogP contribution in [0.5, 0.6) is 0 Å². The smallest absolute Gasteiger partial charge is 1.00 e. The zero-order valence-electron chi connectivity index (χ0n) is 32.3. The molecule has 0 spiro atoms. The number of rotatable bonds is 4. The third-order valence-corrected chi connectivity index (χ3v) is 6.62. The zero-order valence-corrected chi connectivity index (χ0v) is 37.6. The Labute approximate surface area is 387 Å². The first-order valence-corrected chi connectivity index (χ1v) is 16.0. The second-order valence-corrected chi connectivity index (χ2v) is 12.9. The molecule has 2 aliphatic heterocycles. The van der Waals surface area contributed by atoms with Crippen LogP contribution in [-0.2, 0) is 19.2 Å². The van der Waals surface area contributed by atoms with Gasteiger partial charge in [0.25, 0.3) is 6.47 Å². The van der Waals surface area contributed by atoms with Crippen molar-refractivity contribution in [1.29, 1.82) is 0 Å². The van der Waals surface area contributed by atoms with Gasteiger partial charge in [-0.25, -0.2) is 14.0 Å². The van der Waals surface area contributed by atoms with Crippen molar-refractivity contribution in [2.75, 3.05) is 57.3 Å². The van der Waals surface area contributed by atoms with Gasteiger partial charge in [-0.15, -0.1) is 0 Å². The Morgan fingerprint density at radius 1 is 0.725 bits per heavy atom. The van der Waals surface area contributed by atoms with E-state index >= 15 is 0 Å². The quantitative estimate of drug-likeness (QED) is 0.165. The maximum absolute atomic E-state index is 12.4. The van der Waals surface area contributed by atoms with Gasteiger partial charge in [0.05, 0.1) is 5.56 Å². The number of carbonyl (C=O) groups is 5. The van der Waals surface area contributed by atoms with Gasteiger partial charge in [-0.3, -0.25) is 14.4 Å². The molecule has 2 saturated heterocycles. The van der Waals surface area contributed by atoms with Crippen LogP contribution in [0.4, 0.5) is 19.7 Å². The van der Waals surface area contributed by atoms with E-state index < -0.39 is 17.0 Å². The molecular formula is C35H51FK2N4O9. The van der Waals surface area contributed by atoms with Crippen molar-refractivity contribution >= 4 is 36.9 Å². The molecule has 2 aliphatic rings. The molecule has 1 N–H and O–H groups in total. The van der Waals surface area contributed by atoms with E-state index in [9.17, 15) is 23.6 Å². The van der Waals surface area contributed by atoms with Gasteiger partial charge in [-0.2, -0.15) is 0 Å². The van der Waals surface area contributed by atoms with Gasteiger partial charge in [-0.1, -0.05) is 24.3 Å². The summed E-state index contributed by atoms with van der Waals surface area (Å²) in [6, 6.07) is 13.4. The fourth-order valence-corrected chi connectivity index (χ4v) is 4.47. The molecule has 0 aromatic heterocycles. The summed E-state index contributed by atoms with van der Waals surface area (Å²) in [4.78, 5) is 61.9. The molecular weight excluding hydrogens is 718 g/mol. The Bertz CT molecular complexity index is 1330. The number of aldehydes is 2. The normalized spacial score (nSPS) is 14.2. The van der Waals surface area contributed by atoms with Crippen molar-refractivity contribution < 1.29 is 152 Å². The fourth-order valence-electron chi connectivity index (χ4n) is 4.47. The molecule has 0 unspecified atom stereocenters. The molecule has 274 valence electrons. The number of nitrogens with zero attached hydrogens (tertiary/aromatic N) is 3. The number of anilines is 1. The van der Waals surface area contributed by atoms with E-state index in [4.69, 9.17) is 19.5 Å². The van der Waals surface area contributed by atoms with Crippen molar-refractivity contribution in [1.82, 2.24) is 15.1 Å². The van der Waals surface area contributed by atoms with E-state index in [1.165, 1.54) is 12.1 Å². The summed E-state index contributed by atoms with van der Waals surface area (Å²) in [5.74, 6) is -0.465. The van der Waals surface area contributed by atoms with E-state index in [-0.39, 0.29) is 128 Å². The summed E-state index contributed by atoms with van der Waals surface area (Å²) < 4.78 is 23.1. The van der Waals surface area contributed by atoms with Crippen molar-refractivity contribution in [2.24, 2.45) is 0 Å². The van der Waals surface area contributed by atoms with Crippen LogP contribution in [0.3, 0.4) is 0 Å². The van der Waals surface area contributed by atoms with Crippen molar-refractivity contribution in [3.05, 3.63) is 65.5 Å². The van der Waals surface area contributed by atoms with Crippen molar-refractivity contribution in [3.63, 3.8) is 0 Å². The van der Waals surface area contributed by atoms with Gasteiger partial charge in [0.2, 0.25) is 0 Å². The summed E-state index contributed by atoms with van der Waals surface area (Å²) in [6.07, 6.45) is 2.77. The molecule has 2 aromatic carbocycles. The SMILES string of the molecule is CC(C)(C)OC(=O)N1CCCN(c2ccccc2C=O)CC1.CC(C)(C)OC(=O)N1CCCNCC1.O=CO[O-].O=Cc1ccccc1F.[H-].[K+].[K+]. The minimum absolute atomic E-state index is 0. The Balaban J connectivity index is -0.000000689. The molecule has 0 atom stereocenters. The molecule has 13 nitrogen and oxygen atoms in total. The summed E-state index contributed by atoms with van der Waals surface area (Å²) in [5.41, 5.74) is 0.860. The van der Waals surface area contributed by atoms with Gasteiger partial charge in [-0.05, 0) is 85.2 Å². The van der Waals surface area contributed by atoms with E-state index in [2.05, 4.69) is 15.1 Å². The van der Waals surface area contributed by atoms with Crippen LogP contribution >= 0.6 is 0 Å². The van der Waals surface area contributed by atoms with E-state index in [0.717, 1.165) is 57.5 Å². The first-order valence-electron chi connectivity index (χ1n) is 16.0. The molecule has 51 heavy (non-hydrogen) atoms. The molecule has 0 radical (unpaired) electrons. The summed E-state index contributed by atoms with van der Waals surface area (Å²) in [7, 11) is 0. The maximum Gasteiger partial charge on any atom is 1.00 e. The van der Waals surface area contributed by atoms with Crippen LogP contribution in [0.15, 0.2) is 48.5 Å². The van der Waals surface area contributed by atoms with Crippen molar-refractivity contribution in [3.8, 4) is 0 Å². The predicted octanol–water partition coefficient (Wildman–Crippen LogP) is -1.64. The maximum atomic E-state index is 12.4. The number of hydrogen-bond donors (Lipinski definition) is 1. The minimum atomic E-state index is -0.479. The molecule has 2 fully saturated rings. The average molecular weight is 769 g/mol. The monoisotopic (exact) mass is 768 g/mol. The number of halogens is 1. The van der Waals surface area contributed by atoms with Gasteiger partial charge in [0.15, 0.2) is 12.6 Å². The number of hydrogen-bond acceptors (Lipinski definition) is 11. The Hall–Kier alpha value is -1.29. The zero-order chi connectivity index (χ0) is 36.9. The number of nitrogens with one attached hydrogen (secondary N) is 1. The molecule has 2 heterocycles. The molecule has 16 heteroatoms. The first kappa shape index (κ1) is 51.8.